The summed E-state index contributed by atoms with van der Waals surface area (Å²) in [7, 11) is 0. The van der Waals surface area contributed by atoms with E-state index in [4.69, 9.17) is 0 Å². The van der Waals surface area contributed by atoms with Gasteiger partial charge in [-0.05, 0) is 0 Å². The summed E-state index contributed by atoms with van der Waals surface area (Å²) >= 11 is -3.14. The minimum atomic E-state index is -3.14. The van der Waals surface area contributed by atoms with Crippen LogP contribution in [0.25, 0.3) is 56.0 Å². The quantitative estimate of drug-likeness (QED) is 0.146. The van der Waals surface area contributed by atoms with E-state index >= 15 is 0 Å². The minimum absolute atomic E-state index is 0. The average Bonchev–Trinajstić information content (AvgIpc) is 3.75. The van der Waals surface area contributed by atoms with Gasteiger partial charge in [-0.3, -0.25) is 0 Å². The SMILES string of the molecule is C1=C(C2CCCCC2)[CH]([Hf]2([CH]3C(C4CCCCC4)=Cc4c(-c5cccc6ccccc56)cccc43)[CH2][CH2]2)c2cccc(-c3cccc4ccccc34)c21.Cl.Cl. The summed E-state index contributed by atoms with van der Waals surface area (Å²) < 4.78 is 4.51. The molecule has 6 aromatic carbocycles. The first-order chi connectivity index (χ1) is 26.3. The molecule has 0 amide bonds. The van der Waals surface area contributed by atoms with Crippen molar-refractivity contribution in [1.82, 2.24) is 0 Å². The first-order valence-electron chi connectivity index (χ1n) is 20.9. The van der Waals surface area contributed by atoms with E-state index in [2.05, 4.69) is 133 Å². The van der Waals surface area contributed by atoms with Crippen LogP contribution in [0.2, 0.25) is 8.35 Å². The molecule has 55 heavy (non-hydrogen) atoms. The van der Waals surface area contributed by atoms with Gasteiger partial charge in [0.05, 0.1) is 0 Å². The Morgan fingerprint density at radius 1 is 0.382 bits per heavy atom. The zero-order chi connectivity index (χ0) is 34.9. The van der Waals surface area contributed by atoms with Gasteiger partial charge in [-0.1, -0.05) is 0 Å². The van der Waals surface area contributed by atoms with Crippen LogP contribution in [0.15, 0.2) is 132 Å². The maximum Gasteiger partial charge on any atom is -0.147 e. The smallest absolute Gasteiger partial charge is 0.147 e. The minimum Gasteiger partial charge on any atom is -0.147 e. The van der Waals surface area contributed by atoms with Crippen molar-refractivity contribution in [2.75, 3.05) is 0 Å². The van der Waals surface area contributed by atoms with E-state index in [1.807, 2.05) is 11.1 Å². The third kappa shape index (κ3) is 6.18. The first kappa shape index (κ1) is 37.4. The van der Waals surface area contributed by atoms with Gasteiger partial charge in [0.2, 0.25) is 0 Å². The monoisotopic (exact) mass is 926 g/mol. The van der Waals surface area contributed by atoms with E-state index in [1.165, 1.54) is 108 Å². The normalized spacial score (nSPS) is 21.6. The Labute approximate surface area is 344 Å². The van der Waals surface area contributed by atoms with Crippen LogP contribution in [0.5, 0.6) is 0 Å². The second-order valence-corrected chi connectivity index (χ2v) is 33.8. The molecular formula is C52H52Cl2Hf. The Morgan fingerprint density at radius 2 is 0.764 bits per heavy atom. The van der Waals surface area contributed by atoms with Gasteiger partial charge < -0.3 is 0 Å². The molecule has 0 nitrogen and oxygen atoms in total. The average molecular weight is 926 g/mol. The number of allylic oxidation sites excluding steroid dienone is 2. The Bertz CT molecular complexity index is 2280. The van der Waals surface area contributed by atoms with Crippen molar-refractivity contribution in [2.24, 2.45) is 11.8 Å². The number of fused-ring (bicyclic) bond motifs is 4. The summed E-state index contributed by atoms with van der Waals surface area (Å²) in [4.78, 5) is 0. The van der Waals surface area contributed by atoms with Gasteiger partial charge in [-0.2, -0.15) is 0 Å². The van der Waals surface area contributed by atoms with Crippen molar-refractivity contribution in [3.63, 3.8) is 0 Å². The number of hydrogen-bond acceptors (Lipinski definition) is 0. The molecule has 0 bridgehead atoms. The van der Waals surface area contributed by atoms with Crippen LogP contribution >= 0.6 is 24.8 Å². The predicted molar refractivity (Wildman–Crippen MR) is 237 cm³/mol. The third-order valence-electron chi connectivity index (χ3n) is 14.5. The van der Waals surface area contributed by atoms with Crippen molar-refractivity contribution < 1.29 is 20.0 Å². The zero-order valence-corrected chi connectivity index (χ0v) is 37.0. The molecule has 5 aliphatic rings. The van der Waals surface area contributed by atoms with Gasteiger partial charge in [-0.15, -0.1) is 24.8 Å². The topological polar surface area (TPSA) is 0 Å². The molecule has 0 aromatic heterocycles. The van der Waals surface area contributed by atoms with Crippen molar-refractivity contribution >= 4 is 58.5 Å². The van der Waals surface area contributed by atoms with Crippen LogP contribution in [0.1, 0.15) is 93.8 Å². The summed E-state index contributed by atoms with van der Waals surface area (Å²) in [5.74, 6) is 1.51. The molecule has 11 rings (SSSR count). The molecule has 1 heterocycles. The predicted octanol–water partition coefficient (Wildman–Crippen LogP) is 15.9. The Balaban J connectivity index is 0.00000198. The molecule has 4 aliphatic carbocycles. The molecule has 278 valence electrons. The van der Waals surface area contributed by atoms with E-state index in [1.54, 1.807) is 30.6 Å². The van der Waals surface area contributed by atoms with Gasteiger partial charge in [0.25, 0.3) is 0 Å². The number of rotatable bonds is 6. The number of hydrogen-bond donors (Lipinski definition) is 0. The Hall–Kier alpha value is -3.23. The van der Waals surface area contributed by atoms with Gasteiger partial charge >= 0.3 is 322 Å². The Kier molecular flexibility index (Phi) is 10.4. The van der Waals surface area contributed by atoms with E-state index in [9.17, 15) is 0 Å². The zero-order valence-electron chi connectivity index (χ0n) is 31.8. The van der Waals surface area contributed by atoms with Crippen molar-refractivity contribution in [3.8, 4) is 22.3 Å². The molecule has 0 N–H and O–H groups in total. The second-order valence-electron chi connectivity index (χ2n) is 17.2. The van der Waals surface area contributed by atoms with Crippen LogP contribution in [0, 0.1) is 11.8 Å². The second kappa shape index (κ2) is 15.3. The van der Waals surface area contributed by atoms with E-state index in [0.29, 0.717) is 7.35 Å². The van der Waals surface area contributed by atoms with Crippen LogP contribution in [-0.4, -0.2) is 0 Å². The van der Waals surface area contributed by atoms with Crippen LogP contribution in [-0.2, 0) is 20.0 Å². The fourth-order valence-electron chi connectivity index (χ4n) is 12.0. The number of benzene rings is 6. The van der Waals surface area contributed by atoms with Gasteiger partial charge in [0.1, 0.15) is 0 Å². The fraction of sp³-hybridized carbons (Fsp3) is 0.308. The molecule has 3 heteroatoms. The van der Waals surface area contributed by atoms with Crippen LogP contribution < -0.4 is 0 Å². The molecule has 2 atom stereocenters. The standard InChI is InChI=1S/2C25H23.C2H4.2ClH.Hf/c2*1-2-8-18(9-3-1)21-16-20-12-7-15-24(25(20)17-21)23-14-6-11-19-10-4-5-13-22(19)23;1-2;;;/h2*4-7,10-18H,1-3,8-9H2;1-2H2;2*1H;. The molecule has 2 saturated carbocycles. The summed E-state index contributed by atoms with van der Waals surface area (Å²) in [6.45, 7) is 0. The largest absolute Gasteiger partial charge is 0.147 e. The summed E-state index contributed by atoms with van der Waals surface area (Å²) in [5.41, 5.74) is 16.1. The molecule has 3 fully saturated rings. The summed E-state index contributed by atoms with van der Waals surface area (Å²) in [6.07, 6.45) is 19.6. The molecule has 2 unspecified atom stereocenters. The van der Waals surface area contributed by atoms with E-state index in [-0.39, 0.29) is 24.8 Å². The molecule has 6 aromatic rings. The molecule has 1 aliphatic heterocycles. The van der Waals surface area contributed by atoms with E-state index < -0.39 is 20.0 Å². The fourth-order valence-corrected chi connectivity index (χ4v) is 40.2. The number of halogens is 2. The maximum atomic E-state index is 2.81. The maximum absolute atomic E-state index is 3.14. The van der Waals surface area contributed by atoms with E-state index in [0.717, 1.165) is 11.8 Å². The van der Waals surface area contributed by atoms with Crippen LogP contribution in [0.3, 0.4) is 0 Å². The van der Waals surface area contributed by atoms with Crippen LogP contribution in [0.4, 0.5) is 0 Å². The Morgan fingerprint density at radius 3 is 1.20 bits per heavy atom. The summed E-state index contributed by atoms with van der Waals surface area (Å²) in [5, 5.41) is 5.47. The molecule has 1 saturated heterocycles. The molecule has 0 radical (unpaired) electrons. The van der Waals surface area contributed by atoms with Gasteiger partial charge in [0, 0.05) is 0 Å². The van der Waals surface area contributed by atoms with Crippen molar-refractivity contribution in [2.45, 2.75) is 79.9 Å². The third-order valence-corrected chi connectivity index (χ3v) is 33.3. The van der Waals surface area contributed by atoms with Gasteiger partial charge in [0.15, 0.2) is 0 Å². The first-order valence-corrected chi connectivity index (χ1v) is 30.2. The van der Waals surface area contributed by atoms with Gasteiger partial charge in [-0.25, -0.2) is 0 Å². The van der Waals surface area contributed by atoms with Crippen molar-refractivity contribution in [1.29, 1.82) is 0 Å². The summed E-state index contributed by atoms with van der Waals surface area (Å²) in [6, 6.07) is 47.0. The molecule has 0 spiro atoms. The molecular weight excluding hydrogens is 874 g/mol. The van der Waals surface area contributed by atoms with Crippen molar-refractivity contribution in [3.05, 3.63) is 155 Å².